The summed E-state index contributed by atoms with van der Waals surface area (Å²) in [5.41, 5.74) is 0.627. The zero-order chi connectivity index (χ0) is 17.4. The maximum absolute atomic E-state index is 10.7. The molecule has 0 radical (unpaired) electrons. The van der Waals surface area contributed by atoms with E-state index in [4.69, 9.17) is 19.7 Å². The summed E-state index contributed by atoms with van der Waals surface area (Å²) in [6.45, 7) is 2.74. The minimum Gasteiger partial charge on any atom is -0.493 e. The summed E-state index contributed by atoms with van der Waals surface area (Å²) < 4.78 is 10.8. The summed E-state index contributed by atoms with van der Waals surface area (Å²) in [6.07, 6.45) is 1.32. The molecule has 0 amide bonds. The van der Waals surface area contributed by atoms with Crippen molar-refractivity contribution >= 4 is 18.2 Å². The van der Waals surface area contributed by atoms with Crippen molar-refractivity contribution in [1.29, 1.82) is 0 Å². The van der Waals surface area contributed by atoms with E-state index in [-0.39, 0.29) is 6.10 Å². The van der Waals surface area contributed by atoms with Gasteiger partial charge in [-0.2, -0.15) is 5.10 Å². The lowest BCUT2D eigenvalue weighted by molar-refractivity contribution is -0.141. The van der Waals surface area contributed by atoms with Gasteiger partial charge in [0.15, 0.2) is 11.5 Å². The van der Waals surface area contributed by atoms with E-state index in [0.717, 1.165) is 5.01 Å². The number of carboxylic acid groups (broad SMARTS) is 2. The van der Waals surface area contributed by atoms with Crippen molar-refractivity contribution in [2.75, 3.05) is 20.2 Å². The Morgan fingerprint density at radius 1 is 1.22 bits per heavy atom. The smallest absolute Gasteiger partial charge is 0.324 e. The molecule has 1 aromatic rings. The molecule has 0 bridgehead atoms. The van der Waals surface area contributed by atoms with Crippen LogP contribution in [-0.4, -0.2) is 59.7 Å². The SMILES string of the molecule is COc1ccc(/C=N\N(CC(=O)O)CC(=O)O)cc1OC(C)C. The predicted molar refractivity (Wildman–Crippen MR) is 83.2 cm³/mol. The number of carbonyl (C=O) groups is 2. The molecule has 0 saturated heterocycles. The average molecular weight is 324 g/mol. The third-order valence-electron chi connectivity index (χ3n) is 2.56. The fourth-order valence-electron chi connectivity index (χ4n) is 1.72. The first kappa shape index (κ1) is 18.3. The van der Waals surface area contributed by atoms with Gasteiger partial charge in [0.1, 0.15) is 13.1 Å². The maximum Gasteiger partial charge on any atom is 0.324 e. The van der Waals surface area contributed by atoms with E-state index in [1.54, 1.807) is 18.2 Å². The second-order valence-electron chi connectivity index (χ2n) is 4.93. The standard InChI is InChI=1S/C15H20N2O6/c1-10(2)23-13-6-11(4-5-12(13)22-3)7-16-17(8-14(18)19)9-15(20)21/h4-7,10H,8-9H2,1-3H3,(H,18,19)(H,20,21)/b16-7-. The van der Waals surface area contributed by atoms with Gasteiger partial charge in [0.25, 0.3) is 0 Å². The van der Waals surface area contributed by atoms with Crippen LogP contribution < -0.4 is 9.47 Å². The fourth-order valence-corrected chi connectivity index (χ4v) is 1.72. The van der Waals surface area contributed by atoms with Crippen LogP contribution in [0.3, 0.4) is 0 Å². The molecule has 2 N–H and O–H groups in total. The Bertz CT molecular complexity index is 569. The summed E-state index contributed by atoms with van der Waals surface area (Å²) in [5.74, 6) is -1.25. The number of hydrogen-bond acceptors (Lipinski definition) is 6. The summed E-state index contributed by atoms with van der Waals surface area (Å²) in [5, 5.41) is 22.4. The molecular formula is C15H20N2O6. The normalized spacial score (nSPS) is 10.8. The van der Waals surface area contributed by atoms with E-state index in [1.165, 1.54) is 13.3 Å². The number of hydrazone groups is 1. The minimum atomic E-state index is -1.16. The molecule has 0 fully saturated rings. The molecule has 0 aliphatic heterocycles. The number of hydrogen-bond donors (Lipinski definition) is 2. The highest BCUT2D eigenvalue weighted by atomic mass is 16.5. The Morgan fingerprint density at radius 3 is 2.30 bits per heavy atom. The highest BCUT2D eigenvalue weighted by Crippen LogP contribution is 2.28. The summed E-state index contributed by atoms with van der Waals surface area (Å²) in [6, 6.07) is 5.08. The predicted octanol–water partition coefficient (Wildman–Crippen LogP) is 1.29. The topological polar surface area (TPSA) is 109 Å². The van der Waals surface area contributed by atoms with E-state index in [9.17, 15) is 9.59 Å². The van der Waals surface area contributed by atoms with Crippen LogP contribution >= 0.6 is 0 Å². The van der Waals surface area contributed by atoms with Gasteiger partial charge in [0, 0.05) is 0 Å². The lowest BCUT2D eigenvalue weighted by atomic mass is 10.2. The zero-order valence-corrected chi connectivity index (χ0v) is 13.2. The molecule has 1 aromatic carbocycles. The molecule has 1 rings (SSSR count). The van der Waals surface area contributed by atoms with E-state index in [1.807, 2.05) is 13.8 Å². The van der Waals surface area contributed by atoms with Crippen molar-refractivity contribution in [3.05, 3.63) is 23.8 Å². The zero-order valence-electron chi connectivity index (χ0n) is 13.2. The minimum absolute atomic E-state index is 0.0494. The van der Waals surface area contributed by atoms with Crippen LogP contribution in [0.5, 0.6) is 11.5 Å². The van der Waals surface area contributed by atoms with E-state index >= 15 is 0 Å². The van der Waals surface area contributed by atoms with Gasteiger partial charge in [-0.3, -0.25) is 14.6 Å². The van der Waals surface area contributed by atoms with Crippen LogP contribution in [0.25, 0.3) is 0 Å². The summed E-state index contributed by atoms with van der Waals surface area (Å²) in [4.78, 5) is 21.4. The number of nitrogens with zero attached hydrogens (tertiary/aromatic N) is 2. The van der Waals surface area contributed by atoms with Crippen molar-refractivity contribution in [2.24, 2.45) is 5.10 Å². The highest BCUT2D eigenvalue weighted by molar-refractivity contribution is 5.81. The highest BCUT2D eigenvalue weighted by Gasteiger charge is 2.11. The van der Waals surface area contributed by atoms with E-state index in [0.29, 0.717) is 17.1 Å². The molecule has 126 valence electrons. The van der Waals surface area contributed by atoms with Crippen LogP contribution in [-0.2, 0) is 9.59 Å². The Morgan fingerprint density at radius 2 is 1.83 bits per heavy atom. The quantitative estimate of drug-likeness (QED) is 0.520. The van der Waals surface area contributed by atoms with Gasteiger partial charge in [0.2, 0.25) is 0 Å². The maximum atomic E-state index is 10.7. The number of benzene rings is 1. The van der Waals surface area contributed by atoms with Gasteiger partial charge >= 0.3 is 11.9 Å². The lowest BCUT2D eigenvalue weighted by Gasteiger charge is -2.15. The molecule has 0 spiro atoms. The number of ether oxygens (including phenoxy) is 2. The van der Waals surface area contributed by atoms with Crippen LogP contribution in [0, 0.1) is 0 Å². The number of carboxylic acids is 2. The van der Waals surface area contributed by atoms with Crippen molar-refractivity contribution in [2.45, 2.75) is 20.0 Å². The van der Waals surface area contributed by atoms with Gasteiger partial charge in [-0.05, 0) is 37.6 Å². The molecule has 0 aliphatic rings. The molecule has 0 unspecified atom stereocenters. The van der Waals surface area contributed by atoms with Crippen molar-refractivity contribution < 1.29 is 29.3 Å². The van der Waals surface area contributed by atoms with Crippen LogP contribution in [0.1, 0.15) is 19.4 Å². The molecule has 0 heterocycles. The molecule has 8 nitrogen and oxygen atoms in total. The third kappa shape index (κ3) is 6.68. The average Bonchev–Trinajstić information content (AvgIpc) is 2.43. The van der Waals surface area contributed by atoms with Gasteiger partial charge in [-0.1, -0.05) is 0 Å². The Hall–Kier alpha value is -2.77. The second kappa shape index (κ2) is 8.62. The third-order valence-corrected chi connectivity index (χ3v) is 2.56. The molecular weight excluding hydrogens is 304 g/mol. The molecule has 23 heavy (non-hydrogen) atoms. The van der Waals surface area contributed by atoms with Crippen LogP contribution in [0.4, 0.5) is 0 Å². The van der Waals surface area contributed by atoms with Gasteiger partial charge in [-0.25, -0.2) is 0 Å². The molecule has 0 aliphatic carbocycles. The Labute approximate surface area is 133 Å². The molecule has 0 aromatic heterocycles. The van der Waals surface area contributed by atoms with Crippen molar-refractivity contribution in [1.82, 2.24) is 5.01 Å². The Kier molecular flexibility index (Phi) is 6.85. The first-order chi connectivity index (χ1) is 10.8. The van der Waals surface area contributed by atoms with Crippen molar-refractivity contribution in [3.63, 3.8) is 0 Å². The summed E-state index contributed by atoms with van der Waals surface area (Å²) >= 11 is 0. The monoisotopic (exact) mass is 324 g/mol. The van der Waals surface area contributed by atoms with Crippen molar-refractivity contribution in [3.8, 4) is 11.5 Å². The first-order valence-electron chi connectivity index (χ1n) is 6.89. The van der Waals surface area contributed by atoms with Gasteiger partial charge in [-0.15, -0.1) is 0 Å². The molecule has 0 atom stereocenters. The molecule has 0 saturated carbocycles. The largest absolute Gasteiger partial charge is 0.493 e. The Balaban J connectivity index is 2.95. The van der Waals surface area contributed by atoms with Crippen LogP contribution in [0.15, 0.2) is 23.3 Å². The fraction of sp³-hybridized carbons (Fsp3) is 0.400. The van der Waals surface area contributed by atoms with Gasteiger partial charge in [0.05, 0.1) is 19.4 Å². The number of rotatable bonds is 9. The number of aliphatic carboxylic acids is 2. The van der Waals surface area contributed by atoms with E-state index in [2.05, 4.69) is 5.10 Å². The molecule has 8 heteroatoms. The van der Waals surface area contributed by atoms with E-state index < -0.39 is 25.0 Å². The van der Waals surface area contributed by atoms with Crippen LogP contribution in [0.2, 0.25) is 0 Å². The number of methoxy groups -OCH3 is 1. The first-order valence-corrected chi connectivity index (χ1v) is 6.89. The van der Waals surface area contributed by atoms with Gasteiger partial charge < -0.3 is 19.7 Å². The second-order valence-corrected chi connectivity index (χ2v) is 4.93. The summed E-state index contributed by atoms with van der Waals surface area (Å²) in [7, 11) is 1.53. The lowest BCUT2D eigenvalue weighted by Crippen LogP contribution is -2.30.